The fourth-order valence-corrected chi connectivity index (χ4v) is 1.16. The topological polar surface area (TPSA) is 72.0 Å². The molecule has 5 nitrogen and oxygen atoms in total. The monoisotopic (exact) mass is 258 g/mol. The molecule has 0 aromatic heterocycles. The van der Waals surface area contributed by atoms with E-state index >= 15 is 0 Å². The maximum Gasteiger partial charge on any atom is 0.251 e. The zero-order chi connectivity index (χ0) is 12.7. The highest BCUT2D eigenvalue weighted by molar-refractivity contribution is 6.33. The van der Waals surface area contributed by atoms with Crippen LogP contribution in [0, 0.1) is 5.82 Å². The smallest absolute Gasteiger partial charge is 0.251 e. The van der Waals surface area contributed by atoms with Crippen LogP contribution < -0.4 is 11.2 Å². The van der Waals surface area contributed by atoms with Gasteiger partial charge in [-0.3, -0.25) is 0 Å². The molecule has 0 amide bonds. The number of oxime groups is 1. The number of nitrogens with zero attached hydrogens (tertiary/aromatic N) is 2. The van der Waals surface area contributed by atoms with Crippen molar-refractivity contribution in [2.45, 2.75) is 6.92 Å². The SMILES string of the molecule is CCO/N=C(\N)N/N=C/c1c(F)cccc1Cl. The van der Waals surface area contributed by atoms with Crippen LogP contribution in [0.2, 0.25) is 5.02 Å². The minimum atomic E-state index is -0.469. The van der Waals surface area contributed by atoms with Crippen molar-refractivity contribution in [3.63, 3.8) is 0 Å². The Kier molecular flexibility index (Phi) is 5.22. The Balaban J connectivity index is 2.65. The van der Waals surface area contributed by atoms with Crippen molar-refractivity contribution in [2.75, 3.05) is 6.61 Å². The van der Waals surface area contributed by atoms with E-state index in [1.807, 2.05) is 0 Å². The molecule has 0 saturated carbocycles. The molecule has 0 atom stereocenters. The van der Waals surface area contributed by atoms with E-state index in [1.54, 1.807) is 13.0 Å². The van der Waals surface area contributed by atoms with Crippen LogP contribution in [0.15, 0.2) is 28.5 Å². The second-order valence-corrected chi connectivity index (χ2v) is 3.31. The summed E-state index contributed by atoms with van der Waals surface area (Å²) < 4.78 is 13.3. The van der Waals surface area contributed by atoms with Gasteiger partial charge in [-0.2, -0.15) is 5.10 Å². The van der Waals surface area contributed by atoms with E-state index in [-0.39, 0.29) is 16.5 Å². The first-order valence-electron chi connectivity index (χ1n) is 4.83. The van der Waals surface area contributed by atoms with Gasteiger partial charge in [0.15, 0.2) is 0 Å². The summed E-state index contributed by atoms with van der Waals surface area (Å²) in [5.41, 5.74) is 7.91. The van der Waals surface area contributed by atoms with Crippen molar-refractivity contribution in [1.82, 2.24) is 5.43 Å². The molecule has 0 fully saturated rings. The van der Waals surface area contributed by atoms with E-state index in [2.05, 4.69) is 20.5 Å². The number of rotatable bonds is 4. The normalized spacial score (nSPS) is 11.8. The summed E-state index contributed by atoms with van der Waals surface area (Å²) in [4.78, 5) is 4.67. The fraction of sp³-hybridized carbons (Fsp3) is 0.200. The minimum Gasteiger partial charge on any atom is -0.393 e. The first-order chi connectivity index (χ1) is 8.15. The first kappa shape index (κ1) is 13.2. The molecule has 7 heteroatoms. The van der Waals surface area contributed by atoms with Crippen molar-refractivity contribution in [3.05, 3.63) is 34.6 Å². The Labute approximate surface area is 103 Å². The Morgan fingerprint density at radius 1 is 1.65 bits per heavy atom. The molecule has 0 aliphatic heterocycles. The number of nitrogens with one attached hydrogen (secondary N) is 1. The van der Waals surface area contributed by atoms with Gasteiger partial charge in [-0.05, 0) is 24.2 Å². The number of hydrogen-bond acceptors (Lipinski definition) is 3. The highest BCUT2D eigenvalue weighted by Crippen LogP contribution is 2.16. The van der Waals surface area contributed by atoms with E-state index in [1.165, 1.54) is 18.3 Å². The third-order valence-corrected chi connectivity index (χ3v) is 1.99. The van der Waals surface area contributed by atoms with E-state index < -0.39 is 5.82 Å². The van der Waals surface area contributed by atoms with Gasteiger partial charge in [-0.15, -0.1) is 0 Å². The lowest BCUT2D eigenvalue weighted by atomic mass is 10.2. The first-order valence-corrected chi connectivity index (χ1v) is 5.21. The highest BCUT2D eigenvalue weighted by Gasteiger charge is 2.03. The summed E-state index contributed by atoms with van der Waals surface area (Å²) in [6, 6.07) is 4.35. The van der Waals surface area contributed by atoms with Crippen molar-refractivity contribution < 1.29 is 9.23 Å². The van der Waals surface area contributed by atoms with Gasteiger partial charge in [-0.25, -0.2) is 9.82 Å². The summed E-state index contributed by atoms with van der Waals surface area (Å²) in [6.07, 6.45) is 1.21. The molecule has 17 heavy (non-hydrogen) atoms. The third-order valence-electron chi connectivity index (χ3n) is 1.66. The Hall–Kier alpha value is -1.82. The van der Waals surface area contributed by atoms with E-state index in [0.717, 1.165) is 0 Å². The van der Waals surface area contributed by atoms with Crippen molar-refractivity contribution >= 4 is 23.8 Å². The van der Waals surface area contributed by atoms with Crippen LogP contribution in [0.3, 0.4) is 0 Å². The van der Waals surface area contributed by atoms with Gasteiger partial charge in [0.25, 0.3) is 5.96 Å². The molecule has 0 heterocycles. The van der Waals surface area contributed by atoms with Gasteiger partial charge in [-0.1, -0.05) is 17.7 Å². The summed E-state index contributed by atoms with van der Waals surface area (Å²) in [5, 5.41) is 7.40. The van der Waals surface area contributed by atoms with Crippen LogP contribution in [-0.2, 0) is 4.84 Å². The maximum atomic E-state index is 13.3. The molecule has 1 rings (SSSR count). The summed E-state index contributed by atoms with van der Waals surface area (Å²) >= 11 is 5.78. The van der Waals surface area contributed by atoms with Crippen LogP contribution >= 0.6 is 11.6 Å². The van der Waals surface area contributed by atoms with Gasteiger partial charge < -0.3 is 10.6 Å². The molecular weight excluding hydrogens is 247 g/mol. The molecule has 0 saturated heterocycles. The van der Waals surface area contributed by atoms with E-state index in [4.69, 9.17) is 17.3 Å². The van der Waals surface area contributed by atoms with Gasteiger partial charge in [0.1, 0.15) is 12.4 Å². The lowest BCUT2D eigenvalue weighted by molar-refractivity contribution is 0.157. The standard InChI is InChI=1S/C10H12ClFN4O/c1-2-17-16-10(13)15-14-6-7-8(11)4-3-5-9(7)12/h3-6H,2H2,1H3,(H3,13,15,16)/b14-6+. The molecule has 0 aliphatic carbocycles. The predicted octanol–water partition coefficient (Wildman–Crippen LogP) is 1.67. The Morgan fingerprint density at radius 3 is 3.06 bits per heavy atom. The average molecular weight is 259 g/mol. The minimum absolute atomic E-state index is 0.0319. The molecule has 0 aliphatic rings. The van der Waals surface area contributed by atoms with E-state index in [0.29, 0.717) is 6.61 Å². The molecule has 92 valence electrons. The third kappa shape index (κ3) is 4.28. The molecule has 1 aromatic carbocycles. The van der Waals surface area contributed by atoms with Gasteiger partial charge >= 0.3 is 0 Å². The molecular formula is C10H12ClFN4O. The molecule has 0 radical (unpaired) electrons. The second kappa shape index (κ2) is 6.70. The van der Waals surface area contributed by atoms with Gasteiger partial charge in [0, 0.05) is 5.56 Å². The van der Waals surface area contributed by atoms with Crippen LogP contribution in [-0.4, -0.2) is 18.8 Å². The molecule has 0 spiro atoms. The molecule has 3 N–H and O–H groups in total. The van der Waals surface area contributed by atoms with Crippen LogP contribution in [0.25, 0.3) is 0 Å². The fourth-order valence-electron chi connectivity index (χ4n) is 0.952. The quantitative estimate of drug-likeness (QED) is 0.490. The van der Waals surface area contributed by atoms with Crippen LogP contribution in [0.4, 0.5) is 4.39 Å². The number of guanidine groups is 1. The van der Waals surface area contributed by atoms with Crippen LogP contribution in [0.5, 0.6) is 0 Å². The average Bonchev–Trinajstić information content (AvgIpc) is 2.30. The lowest BCUT2D eigenvalue weighted by Gasteiger charge is -2.00. The maximum absolute atomic E-state index is 13.3. The summed E-state index contributed by atoms with van der Waals surface area (Å²) in [5.74, 6) is -0.501. The number of hydrogen-bond donors (Lipinski definition) is 2. The number of benzene rings is 1. The zero-order valence-corrected chi connectivity index (χ0v) is 9.91. The molecule has 1 aromatic rings. The van der Waals surface area contributed by atoms with E-state index in [9.17, 15) is 4.39 Å². The second-order valence-electron chi connectivity index (χ2n) is 2.90. The summed E-state index contributed by atoms with van der Waals surface area (Å²) in [6.45, 7) is 2.16. The summed E-state index contributed by atoms with van der Waals surface area (Å²) in [7, 11) is 0. The Bertz CT molecular complexity index is 416. The molecule has 0 unspecified atom stereocenters. The highest BCUT2D eigenvalue weighted by atomic mass is 35.5. The van der Waals surface area contributed by atoms with Crippen molar-refractivity contribution in [3.8, 4) is 0 Å². The zero-order valence-electron chi connectivity index (χ0n) is 9.15. The number of nitrogens with two attached hydrogens (primary N) is 1. The number of halogens is 2. The van der Waals surface area contributed by atoms with Crippen molar-refractivity contribution in [1.29, 1.82) is 0 Å². The lowest BCUT2D eigenvalue weighted by Crippen LogP contribution is -2.27. The largest absolute Gasteiger partial charge is 0.393 e. The van der Waals surface area contributed by atoms with Crippen LogP contribution in [0.1, 0.15) is 12.5 Å². The predicted molar refractivity (Wildman–Crippen MR) is 65.4 cm³/mol. The Morgan fingerprint density at radius 2 is 2.41 bits per heavy atom. The van der Waals surface area contributed by atoms with Gasteiger partial charge in [0.2, 0.25) is 0 Å². The molecule has 0 bridgehead atoms. The number of hydrazone groups is 1. The van der Waals surface area contributed by atoms with Gasteiger partial charge in [0.05, 0.1) is 11.2 Å². The van der Waals surface area contributed by atoms with Crippen molar-refractivity contribution in [2.24, 2.45) is 16.0 Å².